The van der Waals surface area contributed by atoms with Crippen LogP contribution in [0.3, 0.4) is 0 Å². The van der Waals surface area contributed by atoms with E-state index in [4.69, 9.17) is 28.1 Å². The lowest BCUT2D eigenvalue weighted by Gasteiger charge is -2.32. The third kappa shape index (κ3) is 6.45. The number of benzene rings is 1. The largest absolute Gasteiger partial charge is 0.490 e. The number of allylic oxidation sites excluding steroid dienone is 2. The van der Waals surface area contributed by atoms with E-state index in [-0.39, 0.29) is 12.2 Å². The van der Waals surface area contributed by atoms with Crippen LogP contribution in [0.25, 0.3) is 0 Å². The second-order valence-electron chi connectivity index (χ2n) is 12.5. The molecule has 0 spiro atoms. The molecule has 0 saturated carbocycles. The predicted octanol–water partition coefficient (Wildman–Crippen LogP) is 4.99. The van der Waals surface area contributed by atoms with Crippen LogP contribution in [-0.4, -0.2) is 62.8 Å². The Morgan fingerprint density at radius 1 is 0.769 bits per heavy atom. The summed E-state index contributed by atoms with van der Waals surface area (Å²) in [5, 5.41) is 0. The molecule has 0 aliphatic carbocycles. The first-order valence-corrected chi connectivity index (χ1v) is 13.6. The van der Waals surface area contributed by atoms with E-state index >= 15 is 0 Å². The maximum atomic E-state index is 12.6. The van der Waals surface area contributed by atoms with Gasteiger partial charge in [-0.05, 0) is 86.2 Å². The highest BCUT2D eigenvalue weighted by atomic mass is 16.7. The molecule has 2 saturated heterocycles. The second kappa shape index (κ2) is 11.4. The van der Waals surface area contributed by atoms with E-state index in [0.717, 1.165) is 16.6 Å². The van der Waals surface area contributed by atoms with E-state index in [0.29, 0.717) is 6.42 Å². The number of hydrogen-bond acceptors (Lipinski definition) is 8. The number of rotatable bonds is 9. The SMILES string of the molecule is COC(=O)C(C/C(C)=C(\B1OC(C)(C)C(C)(C)O1)C(Cc1ccccc1)B1OC(C)(C)C(C)(C)O1)C(=O)OC. The maximum Gasteiger partial charge on any atom is 0.490 e. The van der Waals surface area contributed by atoms with Crippen molar-refractivity contribution >= 4 is 26.2 Å². The van der Waals surface area contributed by atoms with E-state index in [2.05, 4.69) is 12.1 Å². The second-order valence-corrected chi connectivity index (χ2v) is 12.5. The molecule has 2 heterocycles. The summed E-state index contributed by atoms with van der Waals surface area (Å²) in [5.74, 6) is -2.80. The Bertz CT molecular complexity index is 1030. The molecule has 2 fully saturated rings. The highest BCUT2D eigenvalue weighted by molar-refractivity contribution is 6.61. The zero-order valence-corrected chi connectivity index (χ0v) is 25.4. The van der Waals surface area contributed by atoms with Gasteiger partial charge in [0.25, 0.3) is 0 Å². The van der Waals surface area contributed by atoms with Crippen molar-refractivity contribution in [2.75, 3.05) is 14.2 Å². The zero-order valence-electron chi connectivity index (χ0n) is 25.4. The van der Waals surface area contributed by atoms with Crippen LogP contribution >= 0.6 is 0 Å². The van der Waals surface area contributed by atoms with E-state index in [1.807, 2.05) is 80.5 Å². The molecule has 10 heteroatoms. The summed E-state index contributed by atoms with van der Waals surface area (Å²) < 4.78 is 36.2. The number of carbonyl (C=O) groups excluding carboxylic acids is 2. The number of ether oxygens (including phenoxy) is 2. The number of carbonyl (C=O) groups is 2. The molecule has 8 nitrogen and oxygen atoms in total. The van der Waals surface area contributed by atoms with Crippen molar-refractivity contribution in [1.29, 1.82) is 0 Å². The van der Waals surface area contributed by atoms with Gasteiger partial charge in [-0.3, -0.25) is 9.59 Å². The molecule has 2 aliphatic rings. The van der Waals surface area contributed by atoms with Gasteiger partial charge in [0.2, 0.25) is 0 Å². The summed E-state index contributed by atoms with van der Waals surface area (Å²) in [5.41, 5.74) is 0.265. The Morgan fingerprint density at radius 3 is 1.64 bits per heavy atom. The number of methoxy groups -OCH3 is 2. The minimum absolute atomic E-state index is 0.0730. The maximum absolute atomic E-state index is 12.6. The third-order valence-electron chi connectivity index (χ3n) is 8.78. The van der Waals surface area contributed by atoms with Gasteiger partial charge in [0.1, 0.15) is 0 Å². The lowest BCUT2D eigenvalue weighted by Crippen LogP contribution is -2.41. The zero-order chi connectivity index (χ0) is 29.4. The van der Waals surface area contributed by atoms with Crippen LogP contribution in [0.15, 0.2) is 41.4 Å². The van der Waals surface area contributed by atoms with Gasteiger partial charge in [-0.2, -0.15) is 0 Å². The van der Waals surface area contributed by atoms with Gasteiger partial charge in [0.05, 0.1) is 36.6 Å². The Balaban J connectivity index is 2.18. The van der Waals surface area contributed by atoms with Crippen LogP contribution in [0.5, 0.6) is 0 Å². The molecule has 39 heavy (non-hydrogen) atoms. The Hall–Kier alpha value is -2.13. The molecule has 1 aromatic rings. The van der Waals surface area contributed by atoms with Crippen LogP contribution < -0.4 is 0 Å². The van der Waals surface area contributed by atoms with Gasteiger partial charge in [-0.25, -0.2) is 0 Å². The normalized spacial score (nSPS) is 22.5. The smallest absolute Gasteiger partial charge is 0.468 e. The number of hydrogen-bond donors (Lipinski definition) is 0. The highest BCUT2D eigenvalue weighted by Gasteiger charge is 2.59. The molecule has 1 aromatic carbocycles. The molecule has 3 rings (SSSR count). The molecule has 2 aliphatic heterocycles. The molecule has 1 unspecified atom stereocenters. The van der Waals surface area contributed by atoms with E-state index in [1.54, 1.807) is 0 Å². The Morgan fingerprint density at radius 2 is 1.21 bits per heavy atom. The van der Waals surface area contributed by atoms with Crippen LogP contribution in [0, 0.1) is 5.92 Å². The lowest BCUT2D eigenvalue weighted by atomic mass is 9.53. The van der Waals surface area contributed by atoms with Crippen molar-refractivity contribution in [3.05, 3.63) is 46.9 Å². The number of esters is 2. The van der Waals surface area contributed by atoms with Crippen LogP contribution in [0.4, 0.5) is 0 Å². The summed E-state index contributed by atoms with van der Waals surface area (Å²) in [6, 6.07) is 10.1. The molecule has 214 valence electrons. The first-order chi connectivity index (χ1) is 18.0. The quantitative estimate of drug-likeness (QED) is 0.245. The fourth-order valence-corrected chi connectivity index (χ4v) is 4.91. The molecular weight excluding hydrogens is 498 g/mol. The van der Waals surface area contributed by atoms with Gasteiger partial charge in [0.15, 0.2) is 5.92 Å². The summed E-state index contributed by atoms with van der Waals surface area (Å²) in [6.45, 7) is 17.9. The van der Waals surface area contributed by atoms with Gasteiger partial charge >= 0.3 is 26.2 Å². The van der Waals surface area contributed by atoms with Crippen LogP contribution in [0.2, 0.25) is 5.82 Å². The fraction of sp³-hybridized carbons (Fsp3) is 0.655. The van der Waals surface area contributed by atoms with Crippen LogP contribution in [-0.2, 0) is 44.1 Å². The summed E-state index contributed by atoms with van der Waals surface area (Å²) in [4.78, 5) is 25.3. The predicted molar refractivity (Wildman–Crippen MR) is 151 cm³/mol. The average molecular weight is 542 g/mol. The minimum atomic E-state index is -1.13. The van der Waals surface area contributed by atoms with Gasteiger partial charge in [-0.15, -0.1) is 0 Å². The Labute approximate surface area is 234 Å². The summed E-state index contributed by atoms with van der Waals surface area (Å²) in [6.07, 6.45) is 0.638. The highest BCUT2D eigenvalue weighted by Crippen LogP contribution is 2.48. The van der Waals surface area contributed by atoms with Gasteiger partial charge in [0, 0.05) is 5.82 Å². The van der Waals surface area contributed by atoms with Gasteiger partial charge < -0.3 is 28.1 Å². The van der Waals surface area contributed by atoms with E-state index < -0.39 is 54.5 Å². The third-order valence-corrected chi connectivity index (χ3v) is 8.78. The van der Waals surface area contributed by atoms with E-state index in [9.17, 15) is 9.59 Å². The van der Waals surface area contributed by atoms with Crippen molar-refractivity contribution in [3.8, 4) is 0 Å². The summed E-state index contributed by atoms with van der Waals surface area (Å²) in [7, 11) is 1.14. The van der Waals surface area contributed by atoms with Crippen molar-refractivity contribution in [3.63, 3.8) is 0 Å². The monoisotopic (exact) mass is 542 g/mol. The standard InChI is InChI=1S/C29H44B2O8/c1-19(17-21(24(32)34-10)25(33)35-11)23(31-38-28(6,7)29(8,9)39-31)22(18-20-15-13-12-14-16-20)30-36-26(2,3)27(4,5)37-30/h12-16,21-22H,17-18H2,1-11H3/b23-19-. The van der Waals surface area contributed by atoms with Gasteiger partial charge in [-0.1, -0.05) is 35.9 Å². The molecular formula is C29H44B2O8. The van der Waals surface area contributed by atoms with E-state index in [1.165, 1.54) is 14.2 Å². The van der Waals surface area contributed by atoms with Crippen molar-refractivity contribution in [1.82, 2.24) is 0 Å². The minimum Gasteiger partial charge on any atom is -0.468 e. The Kier molecular flexibility index (Phi) is 9.17. The molecule has 0 radical (unpaired) electrons. The average Bonchev–Trinajstić information content (AvgIpc) is 3.20. The lowest BCUT2D eigenvalue weighted by molar-refractivity contribution is -0.158. The molecule has 0 N–H and O–H groups in total. The van der Waals surface area contributed by atoms with Crippen molar-refractivity contribution in [2.45, 2.75) is 103 Å². The summed E-state index contributed by atoms with van der Waals surface area (Å²) >= 11 is 0. The molecule has 0 bridgehead atoms. The molecule has 0 amide bonds. The molecule has 1 atom stereocenters. The van der Waals surface area contributed by atoms with Crippen molar-refractivity contribution in [2.24, 2.45) is 5.92 Å². The first-order valence-electron chi connectivity index (χ1n) is 13.6. The van der Waals surface area contributed by atoms with Crippen molar-refractivity contribution < 1.29 is 37.7 Å². The first kappa shape index (κ1) is 31.4. The molecule has 0 aromatic heterocycles. The van der Waals surface area contributed by atoms with Crippen LogP contribution in [0.1, 0.15) is 74.3 Å². The fourth-order valence-electron chi connectivity index (χ4n) is 4.91. The topological polar surface area (TPSA) is 89.5 Å².